The third-order valence-electron chi connectivity index (χ3n) is 4.59. The molecule has 1 atom stereocenters. The molecule has 1 saturated carbocycles. The molecule has 1 aliphatic rings. The summed E-state index contributed by atoms with van der Waals surface area (Å²) in [5.74, 6) is 1.92. The molecular formula is C17H23ClN2. The molecular weight excluding hydrogens is 268 g/mol. The fourth-order valence-corrected chi connectivity index (χ4v) is 3.69. The van der Waals surface area contributed by atoms with Gasteiger partial charge in [0.2, 0.25) is 0 Å². The van der Waals surface area contributed by atoms with Gasteiger partial charge in [0, 0.05) is 6.54 Å². The number of hydrogen-bond acceptors (Lipinski definition) is 1. The average Bonchev–Trinajstić information content (AvgIpc) is 3.03. The smallest absolute Gasteiger partial charge is 0.127 e. The Balaban J connectivity index is 1.95. The van der Waals surface area contributed by atoms with E-state index in [-0.39, 0.29) is 5.38 Å². The number of nitrogens with zero attached hydrogens (tertiary/aromatic N) is 2. The first kappa shape index (κ1) is 13.9. The van der Waals surface area contributed by atoms with Crippen LogP contribution in [0.15, 0.2) is 18.2 Å². The number of aromatic nitrogens is 2. The van der Waals surface area contributed by atoms with Crippen LogP contribution in [0.3, 0.4) is 0 Å². The van der Waals surface area contributed by atoms with Crippen LogP contribution in [0.4, 0.5) is 0 Å². The summed E-state index contributed by atoms with van der Waals surface area (Å²) < 4.78 is 2.36. The van der Waals surface area contributed by atoms with E-state index >= 15 is 0 Å². The maximum atomic E-state index is 6.34. The largest absolute Gasteiger partial charge is 0.327 e. The van der Waals surface area contributed by atoms with Crippen LogP contribution in [0.2, 0.25) is 0 Å². The second-order valence-corrected chi connectivity index (χ2v) is 6.77. The predicted molar refractivity (Wildman–Crippen MR) is 85.3 cm³/mol. The van der Waals surface area contributed by atoms with Crippen molar-refractivity contribution in [3.05, 3.63) is 29.6 Å². The molecule has 1 unspecified atom stereocenters. The van der Waals surface area contributed by atoms with Gasteiger partial charge in [-0.25, -0.2) is 4.98 Å². The number of benzene rings is 1. The predicted octanol–water partition coefficient (Wildman–Crippen LogP) is 5.22. The van der Waals surface area contributed by atoms with E-state index in [2.05, 4.69) is 29.7 Å². The van der Waals surface area contributed by atoms with E-state index in [0.29, 0.717) is 0 Å². The van der Waals surface area contributed by atoms with Crippen LogP contribution >= 0.6 is 11.6 Å². The van der Waals surface area contributed by atoms with Crippen molar-refractivity contribution >= 4 is 22.6 Å². The highest BCUT2D eigenvalue weighted by Gasteiger charge is 2.19. The van der Waals surface area contributed by atoms with E-state index < -0.39 is 0 Å². The highest BCUT2D eigenvalue weighted by Crippen LogP contribution is 2.31. The lowest BCUT2D eigenvalue weighted by Gasteiger charge is -2.14. The highest BCUT2D eigenvalue weighted by molar-refractivity contribution is 6.20. The number of imidazole rings is 1. The van der Waals surface area contributed by atoms with Gasteiger partial charge in [-0.05, 0) is 37.8 Å². The van der Waals surface area contributed by atoms with E-state index in [0.717, 1.165) is 23.8 Å². The number of rotatable bonds is 4. The van der Waals surface area contributed by atoms with Crippen LogP contribution in [-0.2, 0) is 6.54 Å². The second kappa shape index (κ2) is 5.77. The van der Waals surface area contributed by atoms with Crippen LogP contribution in [-0.4, -0.2) is 9.55 Å². The van der Waals surface area contributed by atoms with Gasteiger partial charge in [-0.15, -0.1) is 11.6 Å². The number of para-hydroxylation sites is 1. The van der Waals surface area contributed by atoms with Gasteiger partial charge < -0.3 is 4.57 Å². The lowest BCUT2D eigenvalue weighted by molar-refractivity contribution is 0.456. The van der Waals surface area contributed by atoms with Crippen LogP contribution < -0.4 is 0 Å². The fourth-order valence-electron chi connectivity index (χ4n) is 3.52. The first-order valence-corrected chi connectivity index (χ1v) is 8.20. The van der Waals surface area contributed by atoms with Crippen molar-refractivity contribution in [2.75, 3.05) is 0 Å². The number of alkyl halides is 1. The summed E-state index contributed by atoms with van der Waals surface area (Å²) in [6.45, 7) is 5.24. The van der Waals surface area contributed by atoms with E-state index in [1.807, 2.05) is 6.92 Å². The SMILES string of the molecule is Cc1cccc2nc(C(C)Cl)n(CCC3CCCC3)c12. The lowest BCUT2D eigenvalue weighted by Crippen LogP contribution is -2.08. The van der Waals surface area contributed by atoms with Crippen molar-refractivity contribution in [1.29, 1.82) is 0 Å². The van der Waals surface area contributed by atoms with Gasteiger partial charge in [-0.2, -0.15) is 0 Å². The molecule has 0 spiro atoms. The highest BCUT2D eigenvalue weighted by atomic mass is 35.5. The maximum Gasteiger partial charge on any atom is 0.127 e. The quantitative estimate of drug-likeness (QED) is 0.706. The fraction of sp³-hybridized carbons (Fsp3) is 0.588. The second-order valence-electron chi connectivity index (χ2n) is 6.12. The Hall–Kier alpha value is -1.02. The zero-order valence-electron chi connectivity index (χ0n) is 12.4. The Morgan fingerprint density at radius 1 is 1.35 bits per heavy atom. The molecule has 0 saturated heterocycles. The van der Waals surface area contributed by atoms with Gasteiger partial charge in [0.1, 0.15) is 5.82 Å². The van der Waals surface area contributed by atoms with Crippen LogP contribution in [0.25, 0.3) is 11.0 Å². The summed E-state index contributed by atoms with van der Waals surface area (Å²) in [4.78, 5) is 4.75. The minimum Gasteiger partial charge on any atom is -0.327 e. The van der Waals surface area contributed by atoms with Crippen LogP contribution in [0.5, 0.6) is 0 Å². The normalized spacial score (nSPS) is 17.9. The third-order valence-corrected chi connectivity index (χ3v) is 4.78. The Labute approximate surface area is 126 Å². The molecule has 3 heteroatoms. The number of hydrogen-bond donors (Lipinski definition) is 0. The lowest BCUT2D eigenvalue weighted by atomic mass is 10.0. The summed E-state index contributed by atoms with van der Waals surface area (Å²) in [5, 5.41) is -0.0367. The Kier molecular flexibility index (Phi) is 4.02. The van der Waals surface area contributed by atoms with Crippen molar-refractivity contribution in [1.82, 2.24) is 9.55 Å². The standard InChI is InChI=1S/C17H23ClN2/c1-12-6-5-9-15-16(12)20(17(19-15)13(2)18)11-10-14-7-3-4-8-14/h5-6,9,13-14H,3-4,7-8,10-11H2,1-2H3. The summed E-state index contributed by atoms with van der Waals surface area (Å²) >= 11 is 6.34. The first-order chi connectivity index (χ1) is 9.66. The van der Waals surface area contributed by atoms with Gasteiger partial charge in [0.05, 0.1) is 16.4 Å². The van der Waals surface area contributed by atoms with Crippen molar-refractivity contribution in [3.63, 3.8) is 0 Å². The van der Waals surface area contributed by atoms with E-state index in [9.17, 15) is 0 Å². The first-order valence-electron chi connectivity index (χ1n) is 7.76. The molecule has 0 radical (unpaired) electrons. The molecule has 1 fully saturated rings. The number of fused-ring (bicyclic) bond motifs is 1. The zero-order chi connectivity index (χ0) is 14.1. The Morgan fingerprint density at radius 3 is 2.80 bits per heavy atom. The Morgan fingerprint density at radius 2 is 2.10 bits per heavy atom. The molecule has 3 rings (SSSR count). The van der Waals surface area contributed by atoms with Crippen molar-refractivity contribution < 1.29 is 0 Å². The van der Waals surface area contributed by atoms with E-state index in [1.165, 1.54) is 43.2 Å². The van der Waals surface area contributed by atoms with Crippen LogP contribution in [0.1, 0.15) is 55.8 Å². The number of aryl methyl sites for hydroxylation is 2. The molecule has 1 heterocycles. The molecule has 1 aromatic carbocycles. The van der Waals surface area contributed by atoms with E-state index in [1.54, 1.807) is 0 Å². The van der Waals surface area contributed by atoms with Gasteiger partial charge >= 0.3 is 0 Å². The van der Waals surface area contributed by atoms with Crippen LogP contribution in [0, 0.1) is 12.8 Å². The third kappa shape index (κ3) is 2.58. The summed E-state index contributed by atoms with van der Waals surface area (Å²) in [6, 6.07) is 6.34. The monoisotopic (exact) mass is 290 g/mol. The summed E-state index contributed by atoms with van der Waals surface area (Å²) in [5.41, 5.74) is 3.65. The average molecular weight is 291 g/mol. The molecule has 0 aliphatic heterocycles. The number of halogens is 1. The molecule has 2 nitrogen and oxygen atoms in total. The minimum atomic E-state index is -0.0367. The minimum absolute atomic E-state index is 0.0367. The summed E-state index contributed by atoms with van der Waals surface area (Å²) in [7, 11) is 0. The molecule has 1 aliphatic carbocycles. The van der Waals surface area contributed by atoms with Gasteiger partial charge in [-0.1, -0.05) is 37.8 Å². The zero-order valence-corrected chi connectivity index (χ0v) is 13.2. The molecule has 0 bridgehead atoms. The molecule has 1 aromatic heterocycles. The van der Waals surface area contributed by atoms with Crippen molar-refractivity contribution in [2.24, 2.45) is 5.92 Å². The van der Waals surface area contributed by atoms with Gasteiger partial charge in [0.25, 0.3) is 0 Å². The maximum absolute atomic E-state index is 6.34. The molecule has 2 aromatic rings. The van der Waals surface area contributed by atoms with Gasteiger partial charge in [-0.3, -0.25) is 0 Å². The topological polar surface area (TPSA) is 17.8 Å². The van der Waals surface area contributed by atoms with Crippen molar-refractivity contribution in [2.45, 2.75) is 57.9 Å². The van der Waals surface area contributed by atoms with E-state index in [4.69, 9.17) is 16.6 Å². The molecule has 0 amide bonds. The Bertz CT molecular complexity index is 594. The molecule has 20 heavy (non-hydrogen) atoms. The summed E-state index contributed by atoms with van der Waals surface area (Å²) in [6.07, 6.45) is 6.88. The molecule has 0 N–H and O–H groups in total. The molecule has 108 valence electrons. The van der Waals surface area contributed by atoms with Gasteiger partial charge in [0.15, 0.2) is 0 Å². The van der Waals surface area contributed by atoms with Crippen molar-refractivity contribution in [3.8, 4) is 0 Å².